The number of thiol groups is 1. The number of nitrogens with one attached hydrogen (secondary N) is 1. The lowest BCUT2D eigenvalue weighted by Gasteiger charge is -2.10. The number of benzene rings is 2. The van der Waals surface area contributed by atoms with Crippen LogP contribution in [0.5, 0.6) is 0 Å². The van der Waals surface area contributed by atoms with E-state index in [0.29, 0.717) is 57.9 Å². The highest BCUT2D eigenvalue weighted by molar-refractivity contribution is 7.99. The predicted octanol–water partition coefficient (Wildman–Crippen LogP) is 7.89. The van der Waals surface area contributed by atoms with Crippen LogP contribution < -0.4 is 5.32 Å². The van der Waals surface area contributed by atoms with Crippen molar-refractivity contribution in [2.75, 3.05) is 12.3 Å². The topological polar surface area (TPSA) is 54.9 Å². The molecule has 0 spiro atoms. The molecule has 0 saturated carbocycles. The summed E-state index contributed by atoms with van der Waals surface area (Å²) in [6, 6.07) is 6.42. The molecule has 3 rings (SSSR count). The van der Waals surface area contributed by atoms with Crippen molar-refractivity contribution < 1.29 is 4.79 Å². The second-order valence-corrected chi connectivity index (χ2v) is 9.54. The third kappa shape index (κ3) is 8.37. The molecule has 0 aliphatic rings. The fourth-order valence-electron chi connectivity index (χ4n) is 2.03. The number of hydrogen-bond acceptors (Lipinski definition) is 5. The van der Waals surface area contributed by atoms with Gasteiger partial charge in [-0.1, -0.05) is 81.4 Å². The molecule has 0 fully saturated rings. The van der Waals surface area contributed by atoms with Crippen LogP contribution in [0, 0.1) is 0 Å². The Morgan fingerprint density at radius 1 is 0.871 bits per heavy atom. The first kappa shape index (κ1) is 26.7. The van der Waals surface area contributed by atoms with Crippen LogP contribution in [0.25, 0.3) is 0 Å². The molecule has 0 aliphatic heterocycles. The van der Waals surface area contributed by atoms with Gasteiger partial charge in [0, 0.05) is 44.5 Å². The molecule has 12 heteroatoms. The number of aromatic nitrogens is 2. The van der Waals surface area contributed by atoms with Crippen LogP contribution >= 0.6 is 94.0 Å². The van der Waals surface area contributed by atoms with E-state index in [1.807, 2.05) is 0 Å². The predicted molar refractivity (Wildman–Crippen MR) is 135 cm³/mol. The highest BCUT2D eigenvalue weighted by atomic mass is 35.5. The monoisotopic (exact) mass is 573 g/mol. The summed E-state index contributed by atoms with van der Waals surface area (Å²) < 4.78 is 0. The van der Waals surface area contributed by atoms with E-state index < -0.39 is 0 Å². The Hall–Kier alpha value is -0.570. The largest absolute Gasteiger partial charge is 0.350 e. The lowest BCUT2D eigenvalue weighted by molar-refractivity contribution is 0.0951. The Morgan fingerprint density at radius 3 is 1.74 bits per heavy atom. The van der Waals surface area contributed by atoms with Crippen molar-refractivity contribution in [1.82, 2.24) is 15.3 Å². The number of nitrogens with zero attached hydrogens (tertiary/aromatic N) is 2. The summed E-state index contributed by atoms with van der Waals surface area (Å²) in [7, 11) is 0. The molecule has 0 radical (unpaired) electrons. The van der Waals surface area contributed by atoms with E-state index in [0.717, 1.165) is 0 Å². The van der Waals surface area contributed by atoms with Gasteiger partial charge in [-0.15, -0.1) is 0 Å². The van der Waals surface area contributed by atoms with Crippen LogP contribution in [0.4, 0.5) is 0 Å². The van der Waals surface area contributed by atoms with E-state index in [1.165, 1.54) is 30.4 Å². The Morgan fingerprint density at radius 2 is 1.35 bits per heavy atom. The molecular formula is C19H13Cl6N3OS2. The van der Waals surface area contributed by atoms with Gasteiger partial charge in [-0.3, -0.25) is 9.78 Å². The zero-order valence-corrected chi connectivity index (χ0v) is 21.6. The number of carbonyl (C=O) groups is 1. The first-order chi connectivity index (χ1) is 14.7. The molecule has 0 unspecified atom stereocenters. The van der Waals surface area contributed by atoms with Gasteiger partial charge < -0.3 is 5.32 Å². The second-order valence-electron chi connectivity index (χ2n) is 5.57. The van der Waals surface area contributed by atoms with Crippen molar-refractivity contribution in [2.24, 2.45) is 0 Å². The Labute approximate surface area is 219 Å². The summed E-state index contributed by atoms with van der Waals surface area (Å²) in [5, 5.41) is 5.30. The van der Waals surface area contributed by atoms with Gasteiger partial charge in [-0.05, 0) is 24.3 Å². The molecule has 2 aromatic carbocycles. The van der Waals surface area contributed by atoms with E-state index in [-0.39, 0.29) is 5.91 Å². The molecule has 1 amide bonds. The van der Waals surface area contributed by atoms with E-state index in [4.69, 9.17) is 69.6 Å². The van der Waals surface area contributed by atoms with E-state index in [9.17, 15) is 4.79 Å². The minimum absolute atomic E-state index is 0.211. The van der Waals surface area contributed by atoms with E-state index in [2.05, 4.69) is 27.9 Å². The zero-order chi connectivity index (χ0) is 23.0. The van der Waals surface area contributed by atoms with Gasteiger partial charge in [-0.2, -0.15) is 12.6 Å². The average molecular weight is 576 g/mol. The molecular weight excluding hydrogens is 563 g/mol. The molecule has 1 N–H and O–H groups in total. The molecule has 3 aromatic rings. The zero-order valence-electron chi connectivity index (χ0n) is 15.4. The highest BCUT2D eigenvalue weighted by Gasteiger charge is 2.15. The van der Waals surface area contributed by atoms with Gasteiger partial charge in [0.15, 0.2) is 0 Å². The smallest absolute Gasteiger partial charge is 0.271 e. The highest BCUT2D eigenvalue weighted by Crippen LogP contribution is 2.45. The Bertz CT molecular complexity index is 955. The van der Waals surface area contributed by atoms with E-state index >= 15 is 0 Å². The summed E-state index contributed by atoms with van der Waals surface area (Å²) in [6.07, 6.45) is 4.43. The molecule has 0 saturated heterocycles. The summed E-state index contributed by atoms with van der Waals surface area (Å²) in [5.74, 6) is 0.406. The number of amides is 1. The quantitative estimate of drug-likeness (QED) is 0.304. The fraction of sp³-hybridized carbons (Fsp3) is 0.105. The van der Waals surface area contributed by atoms with Crippen LogP contribution in [-0.4, -0.2) is 28.2 Å². The lowest BCUT2D eigenvalue weighted by Crippen LogP contribution is -2.26. The van der Waals surface area contributed by atoms with Gasteiger partial charge in [-0.25, -0.2) is 4.98 Å². The van der Waals surface area contributed by atoms with Crippen LogP contribution in [0.3, 0.4) is 0 Å². The molecule has 4 nitrogen and oxygen atoms in total. The number of carbonyl (C=O) groups excluding carboxylic acids is 1. The van der Waals surface area contributed by atoms with Crippen molar-refractivity contribution >= 4 is 99.9 Å². The second kappa shape index (κ2) is 13.2. The summed E-state index contributed by atoms with van der Waals surface area (Å²) in [4.78, 5) is 20.0. The Balaban J connectivity index is 0.000000245. The van der Waals surface area contributed by atoms with Gasteiger partial charge in [0.1, 0.15) is 5.69 Å². The van der Waals surface area contributed by atoms with Crippen molar-refractivity contribution in [3.05, 3.63) is 78.7 Å². The number of hydrogen-bond donors (Lipinski definition) is 2. The Kier molecular flexibility index (Phi) is 11.4. The minimum Gasteiger partial charge on any atom is -0.350 e. The molecule has 0 bridgehead atoms. The first-order valence-electron chi connectivity index (χ1n) is 8.35. The van der Waals surface area contributed by atoms with Crippen LogP contribution in [0.2, 0.25) is 30.1 Å². The van der Waals surface area contributed by atoms with Crippen molar-refractivity contribution in [3.8, 4) is 0 Å². The van der Waals surface area contributed by atoms with Gasteiger partial charge in [0.05, 0.1) is 26.3 Å². The molecule has 1 aromatic heterocycles. The maximum absolute atomic E-state index is 11.2. The van der Waals surface area contributed by atoms with Crippen molar-refractivity contribution in [2.45, 2.75) is 9.79 Å². The normalized spacial score (nSPS) is 10.3. The van der Waals surface area contributed by atoms with Crippen molar-refractivity contribution in [3.63, 3.8) is 0 Å². The summed E-state index contributed by atoms with van der Waals surface area (Å²) in [5.41, 5.74) is 0.333. The van der Waals surface area contributed by atoms with Crippen molar-refractivity contribution in [1.29, 1.82) is 0 Å². The van der Waals surface area contributed by atoms with Crippen LogP contribution in [-0.2, 0) is 0 Å². The van der Waals surface area contributed by atoms with E-state index in [1.54, 1.807) is 24.3 Å². The van der Waals surface area contributed by atoms with Gasteiger partial charge in [0.2, 0.25) is 0 Å². The third-order valence-corrected chi connectivity index (χ3v) is 6.91. The molecule has 0 atom stereocenters. The van der Waals surface area contributed by atoms with Crippen LogP contribution in [0.1, 0.15) is 10.5 Å². The molecule has 164 valence electrons. The van der Waals surface area contributed by atoms with Gasteiger partial charge in [0.25, 0.3) is 5.91 Å². The minimum atomic E-state index is -0.211. The third-order valence-electron chi connectivity index (χ3n) is 3.32. The molecule has 1 heterocycles. The molecule has 31 heavy (non-hydrogen) atoms. The SMILES string of the molecule is Clc1cc(Cl)c(Sc2c(Cl)cc(Cl)cc2Cl)c(Cl)c1.O=C(NCCS)c1cnccn1. The number of halogens is 6. The van der Waals surface area contributed by atoms with Gasteiger partial charge >= 0.3 is 0 Å². The maximum Gasteiger partial charge on any atom is 0.271 e. The summed E-state index contributed by atoms with van der Waals surface area (Å²) >= 11 is 41.4. The summed E-state index contributed by atoms with van der Waals surface area (Å²) in [6.45, 7) is 0.540. The first-order valence-corrected chi connectivity index (χ1v) is 12.1. The fourth-order valence-corrected chi connectivity index (χ4v) is 5.07. The number of rotatable bonds is 5. The maximum atomic E-state index is 11.2. The molecule has 0 aliphatic carbocycles. The van der Waals surface area contributed by atoms with Crippen LogP contribution in [0.15, 0.2) is 52.6 Å². The standard InChI is InChI=1S/C12H4Cl6S.C7H9N3OS/c13-5-1-7(15)11(8(16)2-5)19-12-9(17)3-6(14)4-10(12)18;11-7(10-3-4-12)6-5-8-1-2-9-6/h1-4H;1-2,5,12H,3-4H2,(H,10,11). The lowest BCUT2D eigenvalue weighted by atomic mass is 10.3. The average Bonchev–Trinajstić information content (AvgIpc) is 2.71.